The van der Waals surface area contributed by atoms with E-state index in [4.69, 9.17) is 4.74 Å². The van der Waals surface area contributed by atoms with Crippen LogP contribution in [0.4, 0.5) is 9.59 Å². The minimum Gasteiger partial charge on any atom is -0.444 e. The first kappa shape index (κ1) is 36.3. The summed E-state index contributed by atoms with van der Waals surface area (Å²) in [5, 5.41) is 22.0. The van der Waals surface area contributed by atoms with Crippen molar-refractivity contribution >= 4 is 40.7 Å². The molecule has 4 rings (SSSR count). The number of rotatable bonds is 16. The van der Waals surface area contributed by atoms with Crippen LogP contribution in [0.2, 0.25) is 0 Å². The molecule has 0 aliphatic carbocycles. The molecule has 0 radical (unpaired) electrons. The number of carbonyl (C=O) groups is 3. The Morgan fingerprint density at radius 3 is 2.21 bits per heavy atom. The van der Waals surface area contributed by atoms with Gasteiger partial charge in [0.15, 0.2) is 0 Å². The molecule has 0 aliphatic heterocycles. The monoisotopic (exact) mass is 694 g/mol. The van der Waals surface area contributed by atoms with Crippen LogP contribution >= 0.6 is 22.7 Å². The van der Waals surface area contributed by atoms with Gasteiger partial charge < -0.3 is 35.7 Å². The highest BCUT2D eigenvalue weighted by molar-refractivity contribution is 7.09. The van der Waals surface area contributed by atoms with Crippen molar-refractivity contribution < 1.29 is 24.2 Å². The Morgan fingerprint density at radius 1 is 0.958 bits per heavy atom. The Bertz CT molecular complexity index is 1630. The number of aliphatic hydroxyl groups excluding tert-OH is 1. The summed E-state index contributed by atoms with van der Waals surface area (Å²) in [6, 6.07) is 16.4. The normalized spacial score (nSPS) is 13.6. The van der Waals surface area contributed by atoms with E-state index < -0.39 is 42.3 Å². The lowest BCUT2D eigenvalue weighted by molar-refractivity contribution is -0.124. The van der Waals surface area contributed by atoms with E-state index in [1.807, 2.05) is 74.5 Å². The van der Waals surface area contributed by atoms with E-state index >= 15 is 0 Å². The second-order valence-corrected chi connectivity index (χ2v) is 13.7. The SMILES string of the molecule is CC(C)[C@H](NC(=O)N(C)Cc1csc(=O)[nH]1)C(=O)N[C@@H](Cc1ccccc1)C[C@H](O)[C@H](Cc1ccccc1)NC(=O)OCc1cncs1. The van der Waals surface area contributed by atoms with Crippen LogP contribution in [0.5, 0.6) is 0 Å². The number of aliphatic hydroxyl groups is 1. The molecule has 0 fully saturated rings. The van der Waals surface area contributed by atoms with Crippen LogP contribution in [0.3, 0.4) is 0 Å². The maximum atomic E-state index is 13.8. The topological polar surface area (TPSA) is 166 Å². The Balaban J connectivity index is 1.47. The van der Waals surface area contributed by atoms with Crippen LogP contribution in [0, 0.1) is 5.92 Å². The zero-order valence-electron chi connectivity index (χ0n) is 27.1. The highest BCUT2D eigenvalue weighted by Gasteiger charge is 2.31. The van der Waals surface area contributed by atoms with Gasteiger partial charge in [-0.25, -0.2) is 9.59 Å². The van der Waals surface area contributed by atoms with Crippen LogP contribution in [0.1, 0.15) is 42.0 Å². The predicted molar refractivity (Wildman–Crippen MR) is 186 cm³/mol. The lowest BCUT2D eigenvalue weighted by atomic mass is 9.93. The molecule has 0 spiro atoms. The molecule has 2 heterocycles. The summed E-state index contributed by atoms with van der Waals surface area (Å²) in [7, 11) is 1.58. The van der Waals surface area contributed by atoms with Crippen LogP contribution in [-0.2, 0) is 35.5 Å². The second-order valence-electron chi connectivity index (χ2n) is 11.9. The van der Waals surface area contributed by atoms with Crippen molar-refractivity contribution in [2.45, 2.75) is 70.5 Å². The van der Waals surface area contributed by atoms with E-state index in [1.165, 1.54) is 16.2 Å². The number of amides is 4. The van der Waals surface area contributed by atoms with Crippen LogP contribution in [-0.4, -0.2) is 69.3 Å². The summed E-state index contributed by atoms with van der Waals surface area (Å²) in [5.41, 5.74) is 4.10. The number of nitrogens with zero attached hydrogens (tertiary/aromatic N) is 2. The number of ether oxygens (including phenoxy) is 1. The van der Waals surface area contributed by atoms with Gasteiger partial charge in [-0.3, -0.25) is 14.6 Å². The predicted octanol–water partition coefficient (Wildman–Crippen LogP) is 4.08. The van der Waals surface area contributed by atoms with E-state index in [1.54, 1.807) is 24.1 Å². The molecular formula is C34H42N6O6S2. The largest absolute Gasteiger partial charge is 0.444 e. The minimum absolute atomic E-state index is 0.0556. The van der Waals surface area contributed by atoms with Gasteiger partial charge in [-0.1, -0.05) is 85.8 Å². The van der Waals surface area contributed by atoms with Gasteiger partial charge in [0, 0.05) is 30.4 Å². The molecule has 2 aromatic carbocycles. The first-order valence-electron chi connectivity index (χ1n) is 15.6. The molecule has 0 aliphatic rings. The van der Waals surface area contributed by atoms with E-state index in [0.29, 0.717) is 18.5 Å². The van der Waals surface area contributed by atoms with Gasteiger partial charge in [0.25, 0.3) is 0 Å². The summed E-state index contributed by atoms with van der Waals surface area (Å²) < 4.78 is 5.40. The number of aromatic amines is 1. The Labute approximate surface area is 287 Å². The quantitative estimate of drug-likeness (QED) is 0.118. The fraction of sp³-hybridized carbons (Fsp3) is 0.382. The van der Waals surface area contributed by atoms with Gasteiger partial charge in [-0.05, 0) is 36.3 Å². The van der Waals surface area contributed by atoms with Crippen LogP contribution in [0.25, 0.3) is 0 Å². The maximum absolute atomic E-state index is 13.8. The summed E-state index contributed by atoms with van der Waals surface area (Å²) in [5.74, 6) is -0.660. The van der Waals surface area contributed by atoms with Crippen molar-refractivity contribution in [3.8, 4) is 0 Å². The number of aromatic nitrogens is 2. The summed E-state index contributed by atoms with van der Waals surface area (Å²) in [6.07, 6.45) is 0.725. The van der Waals surface area contributed by atoms with Crippen molar-refractivity contribution in [1.29, 1.82) is 0 Å². The van der Waals surface area contributed by atoms with E-state index in [2.05, 4.69) is 25.9 Å². The number of carbonyl (C=O) groups excluding carboxylic acids is 3. The van der Waals surface area contributed by atoms with Crippen molar-refractivity contribution in [2.75, 3.05) is 7.05 Å². The molecule has 12 nitrogen and oxygen atoms in total. The molecule has 0 bridgehead atoms. The van der Waals surface area contributed by atoms with Gasteiger partial charge in [-0.2, -0.15) is 0 Å². The molecule has 4 amide bonds. The smallest absolute Gasteiger partial charge is 0.407 e. The Hall–Kier alpha value is -4.53. The van der Waals surface area contributed by atoms with Gasteiger partial charge in [-0.15, -0.1) is 11.3 Å². The third-order valence-corrected chi connectivity index (χ3v) is 9.12. The zero-order valence-corrected chi connectivity index (χ0v) is 28.8. The van der Waals surface area contributed by atoms with Gasteiger partial charge in [0.05, 0.1) is 29.1 Å². The van der Waals surface area contributed by atoms with Gasteiger partial charge in [0.1, 0.15) is 12.6 Å². The minimum atomic E-state index is -1.07. The number of urea groups is 1. The second kappa shape index (κ2) is 18.1. The lowest BCUT2D eigenvalue weighted by Gasteiger charge is -2.30. The first-order chi connectivity index (χ1) is 23.1. The molecule has 0 saturated carbocycles. The van der Waals surface area contributed by atoms with E-state index in [-0.39, 0.29) is 30.4 Å². The molecular weight excluding hydrogens is 653 g/mol. The van der Waals surface area contributed by atoms with Gasteiger partial charge in [0.2, 0.25) is 5.91 Å². The molecule has 2 aromatic heterocycles. The Morgan fingerprint density at radius 2 is 1.62 bits per heavy atom. The highest BCUT2D eigenvalue weighted by atomic mass is 32.1. The summed E-state index contributed by atoms with van der Waals surface area (Å²) in [4.78, 5) is 59.8. The molecule has 4 atom stereocenters. The lowest BCUT2D eigenvalue weighted by Crippen LogP contribution is -2.55. The number of thiazole rings is 2. The fourth-order valence-corrected chi connectivity index (χ4v) is 6.21. The van der Waals surface area contributed by atoms with Crippen molar-refractivity contribution in [3.05, 3.63) is 109 Å². The molecule has 0 saturated heterocycles. The Kier molecular flexibility index (Phi) is 13.7. The molecule has 0 unspecified atom stereocenters. The molecule has 256 valence electrons. The third kappa shape index (κ3) is 11.6. The molecule has 48 heavy (non-hydrogen) atoms. The van der Waals surface area contributed by atoms with Crippen molar-refractivity contribution in [3.63, 3.8) is 0 Å². The molecule has 4 aromatic rings. The van der Waals surface area contributed by atoms with Crippen molar-refractivity contribution in [2.24, 2.45) is 5.92 Å². The third-order valence-electron chi connectivity index (χ3n) is 7.65. The summed E-state index contributed by atoms with van der Waals surface area (Å²) in [6.45, 7) is 3.89. The van der Waals surface area contributed by atoms with E-state index in [9.17, 15) is 24.3 Å². The summed E-state index contributed by atoms with van der Waals surface area (Å²) >= 11 is 2.39. The number of H-pyrrole nitrogens is 1. The average molecular weight is 695 g/mol. The highest BCUT2D eigenvalue weighted by Crippen LogP contribution is 2.16. The number of nitrogens with one attached hydrogen (secondary N) is 4. The maximum Gasteiger partial charge on any atom is 0.407 e. The zero-order chi connectivity index (χ0) is 34.5. The van der Waals surface area contributed by atoms with E-state index in [0.717, 1.165) is 27.3 Å². The first-order valence-corrected chi connectivity index (χ1v) is 17.4. The molecule has 14 heteroatoms. The van der Waals surface area contributed by atoms with Crippen molar-refractivity contribution in [1.82, 2.24) is 30.8 Å². The number of hydrogen-bond donors (Lipinski definition) is 5. The van der Waals surface area contributed by atoms with Crippen LogP contribution < -0.4 is 20.8 Å². The molecule has 5 N–H and O–H groups in total. The standard InChI is InChI=1S/C34H42N6O6S2/c1-22(2)30(39-32(43)40(3)18-26-20-47-34(45)37-26)31(42)36-25(14-23-10-6-4-7-11-23)16-29(41)28(15-24-12-8-5-9-13-24)38-33(44)46-19-27-17-35-21-48-27/h4-13,17,20-22,25,28-30,41H,14-16,18-19H2,1-3H3,(H,36,42)(H,37,45)(H,38,44)(H,39,43)/t25-,28-,29-,30-/m0/s1. The van der Waals surface area contributed by atoms with Gasteiger partial charge >= 0.3 is 17.0 Å². The fourth-order valence-electron chi connectivity index (χ4n) is 5.13. The number of benzene rings is 2. The van der Waals surface area contributed by atoms with Crippen LogP contribution in [0.15, 0.2) is 82.5 Å². The average Bonchev–Trinajstić information content (AvgIpc) is 3.74. The number of alkyl carbamates (subject to hydrolysis) is 1. The number of hydrogen-bond acceptors (Lipinski definition) is 9.